The SMILES string of the molecule is COc1ccc(CC(=O)O)cc1-c1ccc(C(F)(F)F)cc1CN1C(=O)OC2Cc3ccccc3C21. The third-order valence-electron chi connectivity index (χ3n) is 6.65. The number of hydrogen-bond acceptors (Lipinski definition) is 4. The fourth-order valence-corrected chi connectivity index (χ4v) is 5.08. The molecule has 2 atom stereocenters. The van der Waals surface area contributed by atoms with Crippen molar-refractivity contribution in [3.8, 4) is 16.9 Å². The molecule has 0 radical (unpaired) electrons. The molecule has 1 saturated heterocycles. The molecule has 1 heterocycles. The lowest BCUT2D eigenvalue weighted by Gasteiger charge is -2.24. The number of hydrogen-bond donors (Lipinski definition) is 1. The van der Waals surface area contributed by atoms with Gasteiger partial charge in [0.15, 0.2) is 0 Å². The molecule has 3 aromatic rings. The quantitative estimate of drug-likeness (QED) is 0.478. The molecule has 9 heteroatoms. The van der Waals surface area contributed by atoms with Crippen LogP contribution in [0.25, 0.3) is 11.1 Å². The van der Waals surface area contributed by atoms with Crippen LogP contribution in [0.3, 0.4) is 0 Å². The summed E-state index contributed by atoms with van der Waals surface area (Å²) in [5.41, 5.74) is 2.68. The number of amides is 1. The molecular weight excluding hydrogens is 475 g/mol. The van der Waals surface area contributed by atoms with E-state index in [1.165, 1.54) is 18.1 Å². The van der Waals surface area contributed by atoms with Crippen LogP contribution in [0.15, 0.2) is 60.7 Å². The molecule has 3 aromatic carbocycles. The monoisotopic (exact) mass is 497 g/mol. The van der Waals surface area contributed by atoms with E-state index in [0.717, 1.165) is 23.3 Å². The molecule has 0 saturated carbocycles. The minimum absolute atomic E-state index is 0.125. The van der Waals surface area contributed by atoms with Gasteiger partial charge in [0.05, 0.1) is 31.7 Å². The fourth-order valence-electron chi connectivity index (χ4n) is 5.08. The Morgan fingerprint density at radius 3 is 2.61 bits per heavy atom. The van der Waals surface area contributed by atoms with Gasteiger partial charge in [-0.25, -0.2) is 4.79 Å². The highest BCUT2D eigenvalue weighted by atomic mass is 19.4. The molecule has 1 fully saturated rings. The molecule has 5 rings (SSSR count). The minimum atomic E-state index is -4.59. The van der Waals surface area contributed by atoms with E-state index in [0.29, 0.717) is 28.9 Å². The Bertz CT molecular complexity index is 1350. The molecule has 1 amide bonds. The fraction of sp³-hybridized carbons (Fsp3) is 0.259. The molecule has 0 spiro atoms. The number of carboxylic acids is 1. The van der Waals surface area contributed by atoms with E-state index in [1.807, 2.05) is 24.3 Å². The number of methoxy groups -OCH3 is 1. The van der Waals surface area contributed by atoms with Crippen molar-refractivity contribution < 1.29 is 37.3 Å². The van der Waals surface area contributed by atoms with Gasteiger partial charge < -0.3 is 14.6 Å². The second-order valence-corrected chi connectivity index (χ2v) is 8.87. The first kappa shape index (κ1) is 23.7. The topological polar surface area (TPSA) is 76.1 Å². The highest BCUT2D eigenvalue weighted by Crippen LogP contribution is 2.45. The van der Waals surface area contributed by atoms with Crippen LogP contribution in [0.2, 0.25) is 0 Å². The van der Waals surface area contributed by atoms with Gasteiger partial charge in [0, 0.05) is 12.0 Å². The maximum atomic E-state index is 13.7. The lowest BCUT2D eigenvalue weighted by Crippen LogP contribution is -2.28. The van der Waals surface area contributed by atoms with Crippen molar-refractivity contribution in [3.05, 3.63) is 88.5 Å². The van der Waals surface area contributed by atoms with Gasteiger partial charge in [-0.3, -0.25) is 9.69 Å². The summed E-state index contributed by atoms with van der Waals surface area (Å²) in [5, 5.41) is 9.21. The van der Waals surface area contributed by atoms with E-state index in [2.05, 4.69) is 0 Å². The summed E-state index contributed by atoms with van der Waals surface area (Å²) < 4.78 is 52.0. The van der Waals surface area contributed by atoms with Crippen LogP contribution >= 0.6 is 0 Å². The summed E-state index contributed by atoms with van der Waals surface area (Å²) >= 11 is 0. The number of nitrogens with zero attached hydrogens (tertiary/aromatic N) is 1. The molecule has 2 unspecified atom stereocenters. The third kappa shape index (κ3) is 4.25. The molecule has 6 nitrogen and oxygen atoms in total. The standard InChI is InChI=1S/C27H22F3NO5/c1-35-22-9-6-15(11-24(32)33)10-21(22)19-8-7-18(27(28,29)30)12-17(19)14-31-25-20-5-3-2-4-16(20)13-23(25)36-26(31)34/h2-10,12,23,25H,11,13-14H2,1H3,(H,32,33). The Morgan fingerprint density at radius 2 is 1.89 bits per heavy atom. The first-order valence-corrected chi connectivity index (χ1v) is 11.3. The highest BCUT2D eigenvalue weighted by molar-refractivity contribution is 5.78. The van der Waals surface area contributed by atoms with Gasteiger partial charge >= 0.3 is 18.2 Å². The van der Waals surface area contributed by atoms with Gasteiger partial charge in [-0.05, 0) is 52.1 Å². The van der Waals surface area contributed by atoms with Crippen molar-refractivity contribution >= 4 is 12.1 Å². The van der Waals surface area contributed by atoms with Gasteiger partial charge in [0.1, 0.15) is 11.9 Å². The van der Waals surface area contributed by atoms with E-state index in [-0.39, 0.29) is 18.5 Å². The van der Waals surface area contributed by atoms with Crippen LogP contribution < -0.4 is 4.74 Å². The number of carbonyl (C=O) groups is 2. The van der Waals surface area contributed by atoms with Gasteiger partial charge in [-0.15, -0.1) is 0 Å². The zero-order valence-corrected chi connectivity index (χ0v) is 19.2. The molecule has 1 aliphatic carbocycles. The number of fused-ring (bicyclic) bond motifs is 3. The molecule has 2 aliphatic rings. The van der Waals surface area contributed by atoms with Gasteiger partial charge in [-0.2, -0.15) is 13.2 Å². The molecule has 0 aromatic heterocycles. The van der Waals surface area contributed by atoms with E-state index >= 15 is 0 Å². The summed E-state index contributed by atoms with van der Waals surface area (Å²) in [5.74, 6) is -0.664. The zero-order valence-electron chi connectivity index (χ0n) is 19.2. The highest BCUT2D eigenvalue weighted by Gasteiger charge is 2.47. The van der Waals surface area contributed by atoms with Crippen LogP contribution in [0.4, 0.5) is 18.0 Å². The lowest BCUT2D eigenvalue weighted by atomic mass is 9.94. The minimum Gasteiger partial charge on any atom is -0.496 e. The number of ether oxygens (including phenoxy) is 2. The van der Waals surface area contributed by atoms with Crippen molar-refractivity contribution in [1.29, 1.82) is 0 Å². The summed E-state index contributed by atoms with van der Waals surface area (Å²) in [6.45, 7) is -0.125. The predicted octanol–water partition coefficient (Wildman–Crippen LogP) is 5.63. The Kier molecular flexibility index (Phi) is 5.86. The summed E-state index contributed by atoms with van der Waals surface area (Å²) in [4.78, 5) is 25.5. The average molecular weight is 497 g/mol. The average Bonchev–Trinajstić information content (AvgIpc) is 3.33. The smallest absolute Gasteiger partial charge is 0.416 e. The number of carboxylic acid groups (broad SMARTS) is 1. The van der Waals surface area contributed by atoms with Crippen molar-refractivity contribution in [1.82, 2.24) is 4.90 Å². The van der Waals surface area contributed by atoms with Crippen molar-refractivity contribution in [2.24, 2.45) is 0 Å². The number of carbonyl (C=O) groups excluding carboxylic acids is 1. The Hall–Kier alpha value is -4.01. The number of aliphatic carboxylic acids is 1. The normalized spacial score (nSPS) is 18.6. The van der Waals surface area contributed by atoms with Crippen LogP contribution in [-0.4, -0.2) is 35.3 Å². The van der Waals surface area contributed by atoms with Crippen LogP contribution in [-0.2, 0) is 35.1 Å². The van der Waals surface area contributed by atoms with E-state index in [4.69, 9.17) is 9.47 Å². The van der Waals surface area contributed by atoms with Crippen molar-refractivity contribution in [2.75, 3.05) is 7.11 Å². The van der Waals surface area contributed by atoms with E-state index in [9.17, 15) is 27.9 Å². The molecular formula is C27H22F3NO5. The number of alkyl halides is 3. The maximum absolute atomic E-state index is 13.7. The second-order valence-electron chi connectivity index (χ2n) is 8.87. The largest absolute Gasteiger partial charge is 0.496 e. The molecule has 1 N–H and O–H groups in total. The number of halogens is 3. The summed E-state index contributed by atoms with van der Waals surface area (Å²) in [6, 6.07) is 15.3. The first-order valence-electron chi connectivity index (χ1n) is 11.3. The maximum Gasteiger partial charge on any atom is 0.416 e. The Labute approximate surface area is 204 Å². The summed E-state index contributed by atoms with van der Waals surface area (Å²) in [7, 11) is 1.43. The molecule has 186 valence electrons. The predicted molar refractivity (Wildman–Crippen MR) is 123 cm³/mol. The Balaban J connectivity index is 1.61. The van der Waals surface area contributed by atoms with Crippen LogP contribution in [0.1, 0.15) is 33.9 Å². The van der Waals surface area contributed by atoms with Crippen molar-refractivity contribution in [3.63, 3.8) is 0 Å². The van der Waals surface area contributed by atoms with E-state index in [1.54, 1.807) is 18.2 Å². The van der Waals surface area contributed by atoms with Gasteiger partial charge in [0.25, 0.3) is 0 Å². The Morgan fingerprint density at radius 1 is 1.11 bits per heavy atom. The summed E-state index contributed by atoms with van der Waals surface area (Å²) in [6.07, 6.45) is -5.29. The first-order chi connectivity index (χ1) is 17.2. The lowest BCUT2D eigenvalue weighted by molar-refractivity contribution is -0.138. The third-order valence-corrected chi connectivity index (χ3v) is 6.65. The van der Waals surface area contributed by atoms with Gasteiger partial charge in [0.2, 0.25) is 0 Å². The number of benzene rings is 3. The van der Waals surface area contributed by atoms with E-state index < -0.39 is 35.9 Å². The van der Waals surface area contributed by atoms with Crippen LogP contribution in [0.5, 0.6) is 5.75 Å². The zero-order chi connectivity index (χ0) is 25.6. The molecule has 0 bridgehead atoms. The molecule has 1 aliphatic heterocycles. The van der Waals surface area contributed by atoms with Crippen molar-refractivity contribution in [2.45, 2.75) is 37.7 Å². The number of rotatable bonds is 6. The molecule has 36 heavy (non-hydrogen) atoms. The van der Waals surface area contributed by atoms with Crippen LogP contribution in [0, 0.1) is 0 Å². The van der Waals surface area contributed by atoms with Gasteiger partial charge in [-0.1, -0.05) is 36.4 Å². The second kappa shape index (κ2) is 8.89.